The molecule has 0 aliphatic rings. The topological polar surface area (TPSA) is 44.5 Å². The number of nitrogens with two attached hydrogens (primary N) is 1. The van der Waals surface area contributed by atoms with Crippen molar-refractivity contribution in [3.05, 3.63) is 42.5 Å². The molecule has 0 heterocycles. The van der Waals surface area contributed by atoms with Crippen LogP contribution >= 0.6 is 0 Å². The van der Waals surface area contributed by atoms with E-state index in [4.69, 9.17) is 15.2 Å². The van der Waals surface area contributed by atoms with E-state index in [1.165, 1.54) is 0 Å². The summed E-state index contributed by atoms with van der Waals surface area (Å²) in [6.45, 7) is 5.57. The van der Waals surface area contributed by atoms with Gasteiger partial charge in [0.15, 0.2) is 11.5 Å². The first-order valence-electron chi connectivity index (χ1n) is 7.50. The first kappa shape index (κ1) is 15.2. The molecule has 0 bridgehead atoms. The van der Waals surface area contributed by atoms with Crippen LogP contribution in [0.5, 0.6) is 11.5 Å². The van der Waals surface area contributed by atoms with Crippen LogP contribution in [0.1, 0.15) is 26.7 Å². The summed E-state index contributed by atoms with van der Waals surface area (Å²) in [6, 6.07) is 13.9. The van der Waals surface area contributed by atoms with E-state index in [0.29, 0.717) is 13.2 Å². The lowest BCUT2D eigenvalue weighted by Crippen LogP contribution is -2.01. The van der Waals surface area contributed by atoms with Gasteiger partial charge in [0.05, 0.1) is 13.2 Å². The summed E-state index contributed by atoms with van der Waals surface area (Å²) in [4.78, 5) is 0. The Morgan fingerprint density at radius 1 is 0.762 bits per heavy atom. The molecule has 3 heteroatoms. The lowest BCUT2D eigenvalue weighted by molar-refractivity contribution is 0.268. The monoisotopic (exact) mass is 285 g/mol. The molecule has 0 aromatic heterocycles. The van der Waals surface area contributed by atoms with Gasteiger partial charge in [0.2, 0.25) is 0 Å². The van der Waals surface area contributed by atoms with Gasteiger partial charge in [-0.1, -0.05) is 32.0 Å². The third-order valence-electron chi connectivity index (χ3n) is 3.11. The molecular formula is C18H23NO2. The van der Waals surface area contributed by atoms with Crippen molar-refractivity contribution < 1.29 is 9.47 Å². The molecule has 2 aromatic rings. The second-order valence-corrected chi connectivity index (χ2v) is 4.98. The number of ether oxygens (including phenoxy) is 2. The zero-order valence-corrected chi connectivity index (χ0v) is 12.8. The van der Waals surface area contributed by atoms with E-state index in [-0.39, 0.29) is 0 Å². The number of hydrogen-bond donors (Lipinski definition) is 1. The van der Waals surface area contributed by atoms with Crippen LogP contribution in [0.3, 0.4) is 0 Å². The third-order valence-corrected chi connectivity index (χ3v) is 3.11. The van der Waals surface area contributed by atoms with E-state index in [1.54, 1.807) is 0 Å². The highest BCUT2D eigenvalue weighted by Gasteiger charge is 2.08. The highest BCUT2D eigenvalue weighted by atomic mass is 16.5. The Morgan fingerprint density at radius 3 is 1.95 bits per heavy atom. The van der Waals surface area contributed by atoms with Gasteiger partial charge < -0.3 is 15.2 Å². The minimum Gasteiger partial charge on any atom is -0.490 e. The molecule has 0 saturated heterocycles. The number of rotatable bonds is 7. The molecule has 0 fully saturated rings. The molecular weight excluding hydrogens is 262 g/mol. The van der Waals surface area contributed by atoms with Gasteiger partial charge in [-0.05, 0) is 48.2 Å². The van der Waals surface area contributed by atoms with Crippen molar-refractivity contribution in [2.45, 2.75) is 26.7 Å². The van der Waals surface area contributed by atoms with Crippen molar-refractivity contribution in [1.29, 1.82) is 0 Å². The predicted molar refractivity (Wildman–Crippen MR) is 87.9 cm³/mol. The van der Waals surface area contributed by atoms with Crippen molar-refractivity contribution in [3.8, 4) is 22.6 Å². The Morgan fingerprint density at radius 2 is 1.33 bits per heavy atom. The molecule has 0 atom stereocenters. The van der Waals surface area contributed by atoms with E-state index >= 15 is 0 Å². The second kappa shape index (κ2) is 7.58. The SMILES string of the molecule is CCCOc1ccc(-c2ccc(N)cc2)cc1OCCC. The Hall–Kier alpha value is -2.16. The van der Waals surface area contributed by atoms with Crippen molar-refractivity contribution in [1.82, 2.24) is 0 Å². The Bertz CT molecular complexity index is 564. The number of anilines is 1. The van der Waals surface area contributed by atoms with Gasteiger partial charge in [-0.15, -0.1) is 0 Å². The summed E-state index contributed by atoms with van der Waals surface area (Å²) in [5.41, 5.74) is 8.72. The smallest absolute Gasteiger partial charge is 0.161 e. The molecule has 2 N–H and O–H groups in total. The molecule has 0 unspecified atom stereocenters. The summed E-state index contributed by atoms with van der Waals surface area (Å²) in [5, 5.41) is 0. The fraction of sp³-hybridized carbons (Fsp3) is 0.333. The van der Waals surface area contributed by atoms with Crippen LogP contribution in [0.4, 0.5) is 5.69 Å². The van der Waals surface area contributed by atoms with Gasteiger partial charge in [-0.25, -0.2) is 0 Å². The van der Waals surface area contributed by atoms with Crippen LogP contribution in [0.25, 0.3) is 11.1 Å². The van der Waals surface area contributed by atoms with Crippen molar-refractivity contribution in [3.63, 3.8) is 0 Å². The average Bonchev–Trinajstić information content (AvgIpc) is 2.52. The fourth-order valence-corrected chi connectivity index (χ4v) is 2.02. The van der Waals surface area contributed by atoms with Gasteiger partial charge in [0, 0.05) is 5.69 Å². The van der Waals surface area contributed by atoms with E-state index in [1.807, 2.05) is 36.4 Å². The molecule has 0 saturated carbocycles. The zero-order valence-electron chi connectivity index (χ0n) is 12.8. The van der Waals surface area contributed by atoms with E-state index in [9.17, 15) is 0 Å². The largest absolute Gasteiger partial charge is 0.490 e. The van der Waals surface area contributed by atoms with Crippen molar-refractivity contribution >= 4 is 5.69 Å². The zero-order chi connectivity index (χ0) is 15.1. The van der Waals surface area contributed by atoms with Crippen LogP contribution in [-0.2, 0) is 0 Å². The first-order chi connectivity index (χ1) is 10.2. The summed E-state index contributed by atoms with van der Waals surface area (Å²) >= 11 is 0. The fourth-order valence-electron chi connectivity index (χ4n) is 2.02. The summed E-state index contributed by atoms with van der Waals surface area (Å²) in [5.74, 6) is 1.61. The molecule has 0 aliphatic carbocycles. The molecule has 112 valence electrons. The van der Waals surface area contributed by atoms with Gasteiger partial charge in [0.25, 0.3) is 0 Å². The van der Waals surface area contributed by atoms with Crippen LogP contribution in [0, 0.1) is 0 Å². The first-order valence-corrected chi connectivity index (χ1v) is 7.50. The van der Waals surface area contributed by atoms with Gasteiger partial charge in [-0.2, -0.15) is 0 Å². The average molecular weight is 285 g/mol. The molecule has 2 rings (SSSR count). The second-order valence-electron chi connectivity index (χ2n) is 4.98. The van der Waals surface area contributed by atoms with Crippen molar-refractivity contribution in [2.75, 3.05) is 18.9 Å². The molecule has 0 aliphatic heterocycles. The number of nitrogen functional groups attached to an aromatic ring is 1. The Labute approximate surface area is 126 Å². The lowest BCUT2D eigenvalue weighted by atomic mass is 10.0. The molecule has 0 radical (unpaired) electrons. The Kier molecular flexibility index (Phi) is 5.50. The van der Waals surface area contributed by atoms with E-state index < -0.39 is 0 Å². The molecule has 2 aromatic carbocycles. The Balaban J connectivity index is 2.28. The lowest BCUT2D eigenvalue weighted by Gasteiger charge is -2.14. The molecule has 0 amide bonds. The maximum atomic E-state index is 5.82. The predicted octanol–water partition coefficient (Wildman–Crippen LogP) is 4.51. The third kappa shape index (κ3) is 4.15. The van der Waals surface area contributed by atoms with Crippen LogP contribution < -0.4 is 15.2 Å². The minimum atomic E-state index is 0.688. The minimum absolute atomic E-state index is 0.688. The molecule has 3 nitrogen and oxygen atoms in total. The number of hydrogen-bond acceptors (Lipinski definition) is 3. The quantitative estimate of drug-likeness (QED) is 0.761. The van der Waals surface area contributed by atoms with Gasteiger partial charge >= 0.3 is 0 Å². The molecule has 21 heavy (non-hydrogen) atoms. The standard InChI is InChI=1S/C18H23NO2/c1-3-11-20-17-10-7-15(13-18(17)21-12-4-2)14-5-8-16(19)9-6-14/h5-10,13H,3-4,11-12,19H2,1-2H3. The van der Waals surface area contributed by atoms with Gasteiger partial charge in [-0.3, -0.25) is 0 Å². The maximum absolute atomic E-state index is 5.82. The number of benzene rings is 2. The van der Waals surface area contributed by atoms with Crippen molar-refractivity contribution in [2.24, 2.45) is 0 Å². The van der Waals surface area contributed by atoms with E-state index in [0.717, 1.165) is 41.2 Å². The van der Waals surface area contributed by atoms with Crippen LogP contribution in [-0.4, -0.2) is 13.2 Å². The van der Waals surface area contributed by atoms with Gasteiger partial charge in [0.1, 0.15) is 0 Å². The van der Waals surface area contributed by atoms with E-state index in [2.05, 4.69) is 19.9 Å². The highest BCUT2D eigenvalue weighted by molar-refractivity contribution is 5.68. The maximum Gasteiger partial charge on any atom is 0.161 e. The highest BCUT2D eigenvalue weighted by Crippen LogP contribution is 2.33. The van der Waals surface area contributed by atoms with Crippen LogP contribution in [0.2, 0.25) is 0 Å². The normalized spacial score (nSPS) is 10.4. The summed E-state index contributed by atoms with van der Waals surface area (Å²) < 4.78 is 11.6. The summed E-state index contributed by atoms with van der Waals surface area (Å²) in [7, 11) is 0. The summed E-state index contributed by atoms with van der Waals surface area (Å²) in [6.07, 6.45) is 1.95. The van der Waals surface area contributed by atoms with Crippen LogP contribution in [0.15, 0.2) is 42.5 Å². The molecule has 0 spiro atoms.